The highest BCUT2D eigenvalue weighted by Crippen LogP contribution is 2.36. The van der Waals surface area contributed by atoms with Gasteiger partial charge in [0.2, 0.25) is 0 Å². The Morgan fingerprint density at radius 3 is 3.06 bits per heavy atom. The van der Waals surface area contributed by atoms with Crippen LogP contribution in [0.3, 0.4) is 0 Å². The van der Waals surface area contributed by atoms with Crippen LogP contribution in [-0.4, -0.2) is 21.2 Å². The number of aromatic nitrogens is 2. The Labute approximate surface area is 109 Å². The second kappa shape index (κ2) is 5.00. The molecule has 0 bridgehead atoms. The van der Waals surface area contributed by atoms with Gasteiger partial charge in [0.15, 0.2) is 4.96 Å². The van der Waals surface area contributed by atoms with Gasteiger partial charge in [0.25, 0.3) is 0 Å². The number of hydrogen-bond donors (Lipinski definition) is 1. The first-order chi connectivity index (χ1) is 8.38. The molecule has 1 aliphatic rings. The molecule has 0 aliphatic heterocycles. The Bertz CT molecular complexity index is 497. The van der Waals surface area contributed by atoms with Gasteiger partial charge in [0.1, 0.15) is 5.03 Å². The summed E-state index contributed by atoms with van der Waals surface area (Å²) in [6, 6.07) is 0. The van der Waals surface area contributed by atoms with Gasteiger partial charge < -0.3 is 5.73 Å². The molecular weight excluding hydrogens is 250 g/mol. The molecule has 2 aromatic rings. The molecule has 0 unspecified atom stereocenters. The SMILES string of the molecule is NCCc1c(SC2CCCC2)nc2sccn12. The van der Waals surface area contributed by atoms with E-state index in [-0.39, 0.29) is 0 Å². The Hall–Kier alpha value is -0.520. The van der Waals surface area contributed by atoms with Crippen molar-refractivity contribution in [2.45, 2.75) is 42.4 Å². The van der Waals surface area contributed by atoms with Crippen molar-refractivity contribution >= 4 is 28.1 Å². The number of fused-ring (bicyclic) bond motifs is 1. The van der Waals surface area contributed by atoms with Crippen molar-refractivity contribution in [3.8, 4) is 0 Å². The maximum Gasteiger partial charge on any atom is 0.194 e. The van der Waals surface area contributed by atoms with Crippen molar-refractivity contribution in [3.63, 3.8) is 0 Å². The number of thioether (sulfide) groups is 1. The monoisotopic (exact) mass is 267 g/mol. The number of nitrogens with two attached hydrogens (primary N) is 1. The van der Waals surface area contributed by atoms with Gasteiger partial charge in [0, 0.05) is 23.2 Å². The van der Waals surface area contributed by atoms with Gasteiger partial charge in [0.05, 0.1) is 5.69 Å². The fraction of sp³-hybridized carbons (Fsp3) is 0.583. The molecule has 0 saturated heterocycles. The zero-order valence-corrected chi connectivity index (χ0v) is 11.4. The average Bonchev–Trinajstić information content (AvgIpc) is 2.99. The summed E-state index contributed by atoms with van der Waals surface area (Å²) in [6.45, 7) is 0.696. The Morgan fingerprint density at radius 1 is 1.47 bits per heavy atom. The molecule has 2 aromatic heterocycles. The highest BCUT2D eigenvalue weighted by atomic mass is 32.2. The van der Waals surface area contributed by atoms with Gasteiger partial charge in [-0.15, -0.1) is 23.1 Å². The third-order valence-corrected chi connectivity index (χ3v) is 5.40. The summed E-state index contributed by atoms with van der Waals surface area (Å²) >= 11 is 3.67. The van der Waals surface area contributed by atoms with E-state index in [1.54, 1.807) is 11.3 Å². The number of hydrogen-bond acceptors (Lipinski definition) is 4. The highest BCUT2D eigenvalue weighted by Gasteiger charge is 2.20. The summed E-state index contributed by atoms with van der Waals surface area (Å²) in [5, 5.41) is 4.08. The number of rotatable bonds is 4. The largest absolute Gasteiger partial charge is 0.330 e. The van der Waals surface area contributed by atoms with Gasteiger partial charge in [-0.3, -0.25) is 4.40 Å². The van der Waals surface area contributed by atoms with Gasteiger partial charge in [-0.05, 0) is 19.4 Å². The van der Waals surface area contributed by atoms with E-state index in [0.717, 1.165) is 16.6 Å². The molecule has 0 radical (unpaired) electrons. The second-order valence-electron chi connectivity index (χ2n) is 4.48. The lowest BCUT2D eigenvalue weighted by Crippen LogP contribution is -2.06. The van der Waals surface area contributed by atoms with Crippen LogP contribution in [-0.2, 0) is 6.42 Å². The van der Waals surface area contributed by atoms with Crippen molar-refractivity contribution in [3.05, 3.63) is 17.3 Å². The number of nitrogens with zero attached hydrogens (tertiary/aromatic N) is 2. The van der Waals surface area contributed by atoms with E-state index < -0.39 is 0 Å². The van der Waals surface area contributed by atoms with Crippen LogP contribution in [0.2, 0.25) is 0 Å². The molecule has 0 atom stereocenters. The van der Waals surface area contributed by atoms with Crippen LogP contribution in [0.5, 0.6) is 0 Å². The van der Waals surface area contributed by atoms with Crippen molar-refractivity contribution < 1.29 is 0 Å². The minimum atomic E-state index is 0.696. The first-order valence-electron chi connectivity index (χ1n) is 6.19. The molecule has 0 aromatic carbocycles. The molecular formula is C12H17N3S2. The van der Waals surface area contributed by atoms with Gasteiger partial charge in [-0.1, -0.05) is 12.8 Å². The van der Waals surface area contributed by atoms with E-state index >= 15 is 0 Å². The fourth-order valence-electron chi connectivity index (χ4n) is 2.44. The van der Waals surface area contributed by atoms with Crippen LogP contribution in [0, 0.1) is 0 Å². The molecule has 17 heavy (non-hydrogen) atoms. The predicted octanol–water partition coefficient (Wildman–Crippen LogP) is 2.93. The summed E-state index contributed by atoms with van der Waals surface area (Å²) in [6.07, 6.45) is 8.48. The van der Waals surface area contributed by atoms with E-state index in [4.69, 9.17) is 10.7 Å². The standard InChI is InChI=1S/C12H17N3S2/c13-6-5-10-11(17-9-3-1-2-4-9)14-12-15(10)7-8-16-12/h7-9H,1-6,13H2. The predicted molar refractivity (Wildman–Crippen MR) is 73.9 cm³/mol. The van der Waals surface area contributed by atoms with Gasteiger partial charge >= 0.3 is 0 Å². The van der Waals surface area contributed by atoms with Gasteiger partial charge in [-0.2, -0.15) is 0 Å². The molecule has 1 fully saturated rings. The van der Waals surface area contributed by atoms with Gasteiger partial charge in [-0.25, -0.2) is 4.98 Å². The van der Waals surface area contributed by atoms with Crippen LogP contribution in [0.15, 0.2) is 16.6 Å². The number of imidazole rings is 1. The second-order valence-corrected chi connectivity index (χ2v) is 6.64. The summed E-state index contributed by atoms with van der Waals surface area (Å²) < 4.78 is 2.20. The van der Waals surface area contributed by atoms with E-state index in [9.17, 15) is 0 Å². The lowest BCUT2D eigenvalue weighted by molar-refractivity contribution is 0.866. The van der Waals surface area contributed by atoms with Crippen molar-refractivity contribution in [1.29, 1.82) is 0 Å². The van der Waals surface area contributed by atoms with E-state index in [1.807, 2.05) is 11.8 Å². The molecule has 1 saturated carbocycles. The summed E-state index contributed by atoms with van der Waals surface area (Å²) in [4.78, 5) is 5.85. The smallest absolute Gasteiger partial charge is 0.194 e. The zero-order chi connectivity index (χ0) is 11.7. The maximum absolute atomic E-state index is 5.71. The summed E-state index contributed by atoms with van der Waals surface area (Å²) in [7, 11) is 0. The van der Waals surface area contributed by atoms with Crippen molar-refractivity contribution in [2.75, 3.05) is 6.54 Å². The van der Waals surface area contributed by atoms with E-state index in [2.05, 4.69) is 16.0 Å². The topological polar surface area (TPSA) is 43.3 Å². The number of thiazole rings is 1. The summed E-state index contributed by atoms with van der Waals surface area (Å²) in [5.74, 6) is 0. The zero-order valence-electron chi connectivity index (χ0n) is 9.76. The van der Waals surface area contributed by atoms with Crippen LogP contribution in [0.25, 0.3) is 4.96 Å². The lowest BCUT2D eigenvalue weighted by atomic mass is 10.3. The third kappa shape index (κ3) is 2.23. The molecule has 2 N–H and O–H groups in total. The molecule has 3 rings (SSSR count). The quantitative estimate of drug-likeness (QED) is 0.926. The van der Waals surface area contributed by atoms with Crippen LogP contribution in [0.1, 0.15) is 31.4 Å². The Balaban J connectivity index is 1.90. The third-order valence-electron chi connectivity index (χ3n) is 3.29. The van der Waals surface area contributed by atoms with E-state index in [0.29, 0.717) is 6.54 Å². The van der Waals surface area contributed by atoms with E-state index in [1.165, 1.54) is 36.4 Å². The maximum atomic E-state index is 5.71. The molecule has 3 nitrogen and oxygen atoms in total. The molecule has 92 valence electrons. The lowest BCUT2D eigenvalue weighted by Gasteiger charge is -2.08. The first kappa shape index (κ1) is 11.6. The highest BCUT2D eigenvalue weighted by molar-refractivity contribution is 7.99. The molecule has 1 aliphatic carbocycles. The Kier molecular flexibility index (Phi) is 3.40. The first-order valence-corrected chi connectivity index (χ1v) is 7.95. The minimum absolute atomic E-state index is 0.696. The molecule has 0 amide bonds. The minimum Gasteiger partial charge on any atom is -0.330 e. The molecule has 5 heteroatoms. The van der Waals surface area contributed by atoms with Crippen LogP contribution in [0.4, 0.5) is 0 Å². The normalized spacial score (nSPS) is 17.2. The summed E-state index contributed by atoms with van der Waals surface area (Å²) in [5.41, 5.74) is 7.02. The van der Waals surface area contributed by atoms with Crippen LogP contribution < -0.4 is 5.73 Å². The average molecular weight is 267 g/mol. The van der Waals surface area contributed by atoms with Crippen molar-refractivity contribution in [1.82, 2.24) is 9.38 Å². The Morgan fingerprint density at radius 2 is 2.29 bits per heavy atom. The van der Waals surface area contributed by atoms with Crippen molar-refractivity contribution in [2.24, 2.45) is 5.73 Å². The molecule has 0 spiro atoms. The van der Waals surface area contributed by atoms with Crippen LogP contribution >= 0.6 is 23.1 Å². The molecule has 2 heterocycles. The fourth-order valence-corrected chi connectivity index (χ4v) is 4.59.